The molecule has 1 atom stereocenters. The number of ether oxygens (including phenoxy) is 3. The zero-order valence-corrected chi connectivity index (χ0v) is 18.7. The number of methoxy groups -OCH3 is 2. The third-order valence-corrected chi connectivity index (χ3v) is 5.17. The van der Waals surface area contributed by atoms with Gasteiger partial charge in [-0.05, 0) is 24.3 Å². The third-order valence-electron chi connectivity index (χ3n) is 4.84. The van der Waals surface area contributed by atoms with Crippen LogP contribution in [-0.2, 0) is 19.1 Å². The molecule has 3 amide bonds. The van der Waals surface area contributed by atoms with E-state index in [0.717, 1.165) is 5.01 Å². The summed E-state index contributed by atoms with van der Waals surface area (Å²) in [7, 11) is 2.93. The molecule has 174 valence electrons. The lowest BCUT2D eigenvalue weighted by Crippen LogP contribution is -2.43. The SMILES string of the molecule is COc1ccc(OC)c(NC(=O)COC(=O)[C@H]2CC(=O)N(NC(=O)c3ccccc3Cl)C2)c1. The maximum atomic E-state index is 12.4. The van der Waals surface area contributed by atoms with Crippen molar-refractivity contribution in [3.8, 4) is 11.5 Å². The Morgan fingerprint density at radius 3 is 2.58 bits per heavy atom. The minimum absolute atomic E-state index is 0.0841. The molecule has 1 heterocycles. The average Bonchev–Trinajstić information content (AvgIpc) is 3.17. The first kappa shape index (κ1) is 23.9. The first-order valence-corrected chi connectivity index (χ1v) is 10.2. The first-order valence-electron chi connectivity index (χ1n) is 9.86. The van der Waals surface area contributed by atoms with Gasteiger partial charge in [0.2, 0.25) is 5.91 Å². The van der Waals surface area contributed by atoms with Crippen LogP contribution in [0, 0.1) is 5.92 Å². The van der Waals surface area contributed by atoms with E-state index in [1.165, 1.54) is 20.3 Å². The van der Waals surface area contributed by atoms with Crippen LogP contribution in [0.5, 0.6) is 11.5 Å². The van der Waals surface area contributed by atoms with Crippen molar-refractivity contribution < 1.29 is 33.4 Å². The number of carbonyl (C=O) groups excluding carboxylic acids is 4. The molecule has 2 N–H and O–H groups in total. The monoisotopic (exact) mass is 475 g/mol. The summed E-state index contributed by atoms with van der Waals surface area (Å²) in [6.07, 6.45) is -0.160. The molecule has 0 radical (unpaired) electrons. The molecule has 2 aromatic carbocycles. The number of rotatable bonds is 8. The summed E-state index contributed by atoms with van der Waals surface area (Å²) in [5.74, 6) is -2.28. The maximum Gasteiger partial charge on any atom is 0.311 e. The molecule has 11 heteroatoms. The largest absolute Gasteiger partial charge is 0.497 e. The number of hydrazine groups is 1. The Labute approximate surface area is 194 Å². The summed E-state index contributed by atoms with van der Waals surface area (Å²) >= 11 is 5.99. The molecule has 0 bridgehead atoms. The number of nitrogens with zero attached hydrogens (tertiary/aromatic N) is 1. The van der Waals surface area contributed by atoms with Gasteiger partial charge in [0, 0.05) is 12.5 Å². The third kappa shape index (κ3) is 5.92. The van der Waals surface area contributed by atoms with Crippen molar-refractivity contribution >= 4 is 41.0 Å². The number of anilines is 1. The highest BCUT2D eigenvalue weighted by molar-refractivity contribution is 6.33. The van der Waals surface area contributed by atoms with E-state index < -0.39 is 36.2 Å². The first-order chi connectivity index (χ1) is 15.8. The van der Waals surface area contributed by atoms with E-state index >= 15 is 0 Å². The van der Waals surface area contributed by atoms with Crippen LogP contribution in [0.15, 0.2) is 42.5 Å². The molecule has 0 spiro atoms. The molecule has 1 fully saturated rings. The zero-order valence-electron chi connectivity index (χ0n) is 17.9. The quantitative estimate of drug-likeness (QED) is 0.560. The number of hydrogen-bond donors (Lipinski definition) is 2. The van der Waals surface area contributed by atoms with Crippen LogP contribution in [0.25, 0.3) is 0 Å². The fourth-order valence-electron chi connectivity index (χ4n) is 3.15. The molecule has 3 rings (SSSR count). The van der Waals surface area contributed by atoms with Crippen LogP contribution in [0.4, 0.5) is 5.69 Å². The zero-order chi connectivity index (χ0) is 24.0. The van der Waals surface area contributed by atoms with Crippen LogP contribution >= 0.6 is 11.6 Å². The molecule has 33 heavy (non-hydrogen) atoms. The molecule has 1 saturated heterocycles. The van der Waals surface area contributed by atoms with Crippen LogP contribution < -0.4 is 20.2 Å². The molecule has 1 aliphatic rings. The normalized spacial score (nSPS) is 15.1. The molecular formula is C22H22ClN3O7. The Bertz CT molecular complexity index is 1080. The summed E-state index contributed by atoms with van der Waals surface area (Å²) in [4.78, 5) is 49.2. The average molecular weight is 476 g/mol. The second-order valence-corrected chi connectivity index (χ2v) is 7.46. The van der Waals surface area contributed by atoms with Gasteiger partial charge in [0.15, 0.2) is 6.61 Å². The molecule has 2 aromatic rings. The predicted octanol–water partition coefficient (Wildman–Crippen LogP) is 2.03. The van der Waals surface area contributed by atoms with Gasteiger partial charge >= 0.3 is 5.97 Å². The van der Waals surface area contributed by atoms with Crippen molar-refractivity contribution in [2.24, 2.45) is 5.92 Å². The molecule has 0 aliphatic carbocycles. The van der Waals surface area contributed by atoms with Gasteiger partial charge in [-0.3, -0.25) is 29.6 Å². The Morgan fingerprint density at radius 1 is 1.12 bits per heavy atom. The lowest BCUT2D eigenvalue weighted by Gasteiger charge is -2.18. The van der Waals surface area contributed by atoms with Crippen LogP contribution in [0.3, 0.4) is 0 Å². The van der Waals surface area contributed by atoms with E-state index in [1.54, 1.807) is 36.4 Å². The van der Waals surface area contributed by atoms with Gasteiger partial charge in [0.25, 0.3) is 11.8 Å². The lowest BCUT2D eigenvalue weighted by molar-refractivity contribution is -0.151. The van der Waals surface area contributed by atoms with Crippen LogP contribution in [-0.4, -0.2) is 56.1 Å². The number of carbonyl (C=O) groups is 4. The Kier molecular flexibility index (Phi) is 7.73. The van der Waals surface area contributed by atoms with Gasteiger partial charge in [0.1, 0.15) is 11.5 Å². The van der Waals surface area contributed by atoms with E-state index in [4.69, 9.17) is 25.8 Å². The summed E-state index contributed by atoms with van der Waals surface area (Å²) in [6, 6.07) is 11.2. The summed E-state index contributed by atoms with van der Waals surface area (Å²) in [5.41, 5.74) is 2.99. The van der Waals surface area contributed by atoms with Crippen molar-refractivity contribution in [2.45, 2.75) is 6.42 Å². The smallest absolute Gasteiger partial charge is 0.311 e. The number of benzene rings is 2. The maximum absolute atomic E-state index is 12.4. The number of esters is 1. The second-order valence-electron chi connectivity index (χ2n) is 7.05. The lowest BCUT2D eigenvalue weighted by atomic mass is 10.1. The predicted molar refractivity (Wildman–Crippen MR) is 118 cm³/mol. The molecule has 10 nitrogen and oxygen atoms in total. The van der Waals surface area contributed by atoms with Crippen molar-refractivity contribution in [3.63, 3.8) is 0 Å². The van der Waals surface area contributed by atoms with Gasteiger partial charge < -0.3 is 19.5 Å². The van der Waals surface area contributed by atoms with Crippen molar-refractivity contribution in [1.29, 1.82) is 0 Å². The van der Waals surface area contributed by atoms with Gasteiger partial charge in [0.05, 0.1) is 43.0 Å². The van der Waals surface area contributed by atoms with E-state index in [0.29, 0.717) is 17.2 Å². The fraction of sp³-hybridized carbons (Fsp3) is 0.273. The summed E-state index contributed by atoms with van der Waals surface area (Å²) < 4.78 is 15.4. The van der Waals surface area contributed by atoms with Gasteiger partial charge in [-0.1, -0.05) is 23.7 Å². The fourth-order valence-corrected chi connectivity index (χ4v) is 3.38. The van der Waals surface area contributed by atoms with Gasteiger partial charge in [-0.2, -0.15) is 0 Å². The Hall–Kier alpha value is -3.79. The van der Waals surface area contributed by atoms with Crippen molar-refractivity contribution in [3.05, 3.63) is 53.1 Å². The van der Waals surface area contributed by atoms with Gasteiger partial charge in [-0.15, -0.1) is 0 Å². The molecular weight excluding hydrogens is 454 g/mol. The summed E-state index contributed by atoms with van der Waals surface area (Å²) in [6.45, 7) is -0.644. The highest BCUT2D eigenvalue weighted by Gasteiger charge is 2.37. The number of halogens is 1. The summed E-state index contributed by atoms with van der Waals surface area (Å²) in [5, 5.41) is 3.85. The van der Waals surface area contributed by atoms with Crippen molar-refractivity contribution in [1.82, 2.24) is 10.4 Å². The molecule has 0 aromatic heterocycles. The van der Waals surface area contributed by atoms with Crippen LogP contribution in [0.1, 0.15) is 16.8 Å². The molecule has 0 unspecified atom stereocenters. The number of hydrogen-bond acceptors (Lipinski definition) is 7. The van der Waals surface area contributed by atoms with E-state index in [-0.39, 0.29) is 23.6 Å². The highest BCUT2D eigenvalue weighted by atomic mass is 35.5. The van der Waals surface area contributed by atoms with E-state index in [9.17, 15) is 19.2 Å². The van der Waals surface area contributed by atoms with E-state index in [1.807, 2.05) is 0 Å². The standard InChI is InChI=1S/C22H22ClN3O7/c1-31-14-7-8-18(32-2)17(10-14)24-19(27)12-33-22(30)13-9-20(28)26(11-13)25-21(29)15-5-3-4-6-16(15)23/h3-8,10,13H,9,11-12H2,1-2H3,(H,24,27)(H,25,29)/t13-/m0/s1. The number of nitrogens with one attached hydrogen (secondary N) is 2. The Balaban J connectivity index is 1.52. The Morgan fingerprint density at radius 2 is 1.88 bits per heavy atom. The molecule has 1 aliphatic heterocycles. The topological polar surface area (TPSA) is 123 Å². The van der Waals surface area contributed by atoms with E-state index in [2.05, 4.69) is 10.7 Å². The second kappa shape index (κ2) is 10.7. The van der Waals surface area contributed by atoms with Crippen LogP contribution in [0.2, 0.25) is 5.02 Å². The van der Waals surface area contributed by atoms with Gasteiger partial charge in [-0.25, -0.2) is 0 Å². The van der Waals surface area contributed by atoms with Crippen molar-refractivity contribution in [2.75, 3.05) is 32.7 Å². The highest BCUT2D eigenvalue weighted by Crippen LogP contribution is 2.29. The minimum atomic E-state index is -0.830. The molecule has 0 saturated carbocycles. The minimum Gasteiger partial charge on any atom is -0.497 e. The number of amides is 3.